The third-order valence-corrected chi connectivity index (χ3v) is 10.7. The average molecular weight is 678 g/mol. The van der Waals surface area contributed by atoms with Crippen LogP contribution in [0.4, 0.5) is 0 Å². The maximum absolute atomic E-state index is 13.4. The molecule has 1 saturated carbocycles. The second kappa shape index (κ2) is 18.3. The predicted octanol–water partition coefficient (Wildman–Crippen LogP) is 3.26. The Balaban J connectivity index is 2.17. The van der Waals surface area contributed by atoms with Crippen LogP contribution in [0.5, 0.6) is 0 Å². The Morgan fingerprint density at radius 2 is 1.65 bits per heavy atom. The van der Waals surface area contributed by atoms with E-state index in [2.05, 4.69) is 12.2 Å². The van der Waals surface area contributed by atoms with Gasteiger partial charge in [-0.25, -0.2) is 4.18 Å². The van der Waals surface area contributed by atoms with E-state index in [1.165, 1.54) is 7.11 Å². The summed E-state index contributed by atoms with van der Waals surface area (Å²) < 4.78 is 51.6. The van der Waals surface area contributed by atoms with Crippen LogP contribution in [0.25, 0.3) is 0 Å². The summed E-state index contributed by atoms with van der Waals surface area (Å²) in [6, 6.07) is 0. The van der Waals surface area contributed by atoms with E-state index >= 15 is 0 Å². The van der Waals surface area contributed by atoms with Crippen LogP contribution in [-0.2, 0) is 52.4 Å². The lowest BCUT2D eigenvalue weighted by molar-refractivity contribution is -0.164. The number of aliphatic hydroxyl groups is 1. The van der Waals surface area contributed by atoms with Gasteiger partial charge in [0.15, 0.2) is 0 Å². The van der Waals surface area contributed by atoms with Crippen LogP contribution in [0.2, 0.25) is 0 Å². The zero-order valence-electron chi connectivity index (χ0n) is 28.3. The first-order chi connectivity index (χ1) is 21.6. The fraction of sp³-hybridized carbons (Fsp3) is 0.875. The molecule has 0 aromatic rings. The lowest BCUT2D eigenvalue weighted by atomic mass is 9.68. The largest absolute Gasteiger partial charge is 0.469 e. The van der Waals surface area contributed by atoms with E-state index in [1.807, 2.05) is 0 Å². The maximum atomic E-state index is 13.4. The molecule has 2 rings (SSSR count). The number of nitrogens with one attached hydrogen (secondary N) is 1. The molecule has 4 unspecified atom stereocenters. The van der Waals surface area contributed by atoms with Crippen molar-refractivity contribution < 1.29 is 55.8 Å². The molecular weight excluding hydrogens is 622 g/mol. The summed E-state index contributed by atoms with van der Waals surface area (Å²) in [6.45, 7) is 8.83. The maximum Gasteiger partial charge on any atom is 0.311 e. The van der Waals surface area contributed by atoms with Crippen LogP contribution in [-0.4, -0.2) is 89.0 Å². The number of hydrogen-bond acceptors (Lipinski definition) is 12. The SMILES string of the molecule is CCC(CC(CC(C)(CC(C)(C)C(=O)OCC1CO1)C(=O)OC)C(=O)OCCCCO)C(=O)NCOS(=O)(=O)C1CCC(C)CC1. The third-order valence-electron chi connectivity index (χ3n) is 8.97. The minimum Gasteiger partial charge on any atom is -0.469 e. The lowest BCUT2D eigenvalue weighted by Crippen LogP contribution is -2.42. The zero-order valence-corrected chi connectivity index (χ0v) is 29.2. The van der Waals surface area contributed by atoms with Crippen LogP contribution in [0.1, 0.15) is 98.8 Å². The van der Waals surface area contributed by atoms with Crippen molar-refractivity contribution in [1.82, 2.24) is 5.32 Å². The monoisotopic (exact) mass is 677 g/mol. The molecule has 1 aliphatic carbocycles. The zero-order chi connectivity index (χ0) is 34.5. The Bertz CT molecular complexity index is 1110. The highest BCUT2D eigenvalue weighted by atomic mass is 32.2. The standard InChI is InChI=1S/C32H55NO12S/c1-7-23(27(35)33-21-45-46(39,40)26-12-10-22(2)11-13-26)16-24(28(36)42-15-9-8-14-34)17-32(5,30(38)41-6)20-31(3,4)29(37)44-19-25-18-43-25/h22-26,34H,7-21H2,1-6H3,(H,33,35). The molecule has 4 atom stereocenters. The Kier molecular flexibility index (Phi) is 15.9. The van der Waals surface area contributed by atoms with Gasteiger partial charge in [-0.2, -0.15) is 8.42 Å². The van der Waals surface area contributed by atoms with E-state index < -0.39 is 68.6 Å². The summed E-state index contributed by atoms with van der Waals surface area (Å²) >= 11 is 0. The third kappa shape index (κ3) is 12.7. The molecule has 0 bridgehead atoms. The quantitative estimate of drug-likeness (QED) is 0.0452. The second-order valence-electron chi connectivity index (χ2n) is 13.7. The van der Waals surface area contributed by atoms with Crippen molar-refractivity contribution in [2.24, 2.45) is 28.6 Å². The summed E-state index contributed by atoms with van der Waals surface area (Å²) in [5.41, 5.74) is -2.47. The summed E-state index contributed by atoms with van der Waals surface area (Å²) in [5, 5.41) is 11.0. The van der Waals surface area contributed by atoms with Crippen molar-refractivity contribution in [3.8, 4) is 0 Å². The van der Waals surface area contributed by atoms with E-state index in [-0.39, 0.29) is 45.2 Å². The number of aliphatic hydroxyl groups excluding tert-OH is 1. The van der Waals surface area contributed by atoms with Gasteiger partial charge >= 0.3 is 17.9 Å². The predicted molar refractivity (Wildman–Crippen MR) is 167 cm³/mol. The van der Waals surface area contributed by atoms with Gasteiger partial charge in [0.25, 0.3) is 10.1 Å². The fourth-order valence-corrected chi connectivity index (χ4v) is 7.37. The Hall–Kier alpha value is -2.29. The van der Waals surface area contributed by atoms with E-state index in [4.69, 9.17) is 28.2 Å². The van der Waals surface area contributed by atoms with Crippen LogP contribution >= 0.6 is 0 Å². The molecule has 13 nitrogen and oxygen atoms in total. The first-order valence-electron chi connectivity index (χ1n) is 16.4. The molecule has 0 aromatic carbocycles. The van der Waals surface area contributed by atoms with E-state index in [9.17, 15) is 27.6 Å². The number of unbranched alkanes of at least 4 members (excludes halogenated alkanes) is 1. The Morgan fingerprint density at radius 1 is 1.00 bits per heavy atom. The van der Waals surface area contributed by atoms with Crippen LogP contribution in [0.15, 0.2) is 0 Å². The molecule has 2 fully saturated rings. The van der Waals surface area contributed by atoms with Crippen molar-refractivity contribution in [2.75, 3.05) is 40.3 Å². The molecule has 1 heterocycles. The minimum atomic E-state index is -3.86. The number of hydrogen-bond donors (Lipinski definition) is 2. The minimum absolute atomic E-state index is 0.00902. The Morgan fingerprint density at radius 3 is 2.22 bits per heavy atom. The normalized spacial score (nSPS) is 22.5. The molecule has 0 radical (unpaired) electrons. The molecule has 2 N–H and O–H groups in total. The van der Waals surface area contributed by atoms with Crippen LogP contribution < -0.4 is 5.32 Å². The number of esters is 3. The molecule has 14 heteroatoms. The number of carbonyl (C=O) groups is 4. The number of methoxy groups -OCH3 is 1. The summed E-state index contributed by atoms with van der Waals surface area (Å²) in [5.74, 6) is -3.51. The highest BCUT2D eigenvalue weighted by Gasteiger charge is 2.47. The molecule has 1 aliphatic heterocycles. The number of epoxide rings is 1. The molecule has 2 aliphatic rings. The summed E-state index contributed by atoms with van der Waals surface area (Å²) in [4.78, 5) is 52.8. The first kappa shape index (κ1) is 39.9. The highest BCUT2D eigenvalue weighted by molar-refractivity contribution is 7.87. The van der Waals surface area contributed by atoms with Crippen molar-refractivity contribution in [2.45, 2.75) is 110 Å². The van der Waals surface area contributed by atoms with Gasteiger partial charge in [-0.05, 0) is 90.9 Å². The van der Waals surface area contributed by atoms with Gasteiger partial charge in [-0.1, -0.05) is 13.8 Å². The summed E-state index contributed by atoms with van der Waals surface area (Å²) in [6.07, 6.45) is 3.55. The molecule has 1 saturated heterocycles. The van der Waals surface area contributed by atoms with Gasteiger partial charge in [-0.15, -0.1) is 0 Å². The topological polar surface area (TPSA) is 184 Å². The first-order valence-corrected chi connectivity index (χ1v) is 17.9. The highest BCUT2D eigenvalue weighted by Crippen LogP contribution is 2.42. The van der Waals surface area contributed by atoms with Crippen molar-refractivity contribution in [3.05, 3.63) is 0 Å². The van der Waals surface area contributed by atoms with E-state index in [0.29, 0.717) is 44.6 Å². The molecule has 0 spiro atoms. The molecular formula is C32H55NO12S. The van der Waals surface area contributed by atoms with Crippen molar-refractivity contribution >= 4 is 33.9 Å². The number of carbonyl (C=O) groups excluding carboxylic acids is 4. The molecule has 1 amide bonds. The molecule has 266 valence electrons. The van der Waals surface area contributed by atoms with Gasteiger partial charge in [0, 0.05) is 12.5 Å². The van der Waals surface area contributed by atoms with E-state index in [0.717, 1.165) is 12.8 Å². The second-order valence-corrected chi connectivity index (χ2v) is 15.6. The van der Waals surface area contributed by atoms with Crippen LogP contribution in [0, 0.1) is 28.6 Å². The van der Waals surface area contributed by atoms with Gasteiger partial charge < -0.3 is 29.4 Å². The van der Waals surface area contributed by atoms with Crippen LogP contribution in [0.3, 0.4) is 0 Å². The van der Waals surface area contributed by atoms with Crippen molar-refractivity contribution in [1.29, 1.82) is 0 Å². The van der Waals surface area contributed by atoms with Gasteiger partial charge in [-0.3, -0.25) is 19.2 Å². The summed E-state index contributed by atoms with van der Waals surface area (Å²) in [7, 11) is -2.63. The number of ether oxygens (including phenoxy) is 4. The van der Waals surface area contributed by atoms with Gasteiger partial charge in [0.05, 0.1) is 42.3 Å². The number of amides is 1. The lowest BCUT2D eigenvalue weighted by Gasteiger charge is -2.36. The molecule has 46 heavy (non-hydrogen) atoms. The average Bonchev–Trinajstić information content (AvgIpc) is 3.84. The van der Waals surface area contributed by atoms with Gasteiger partial charge in [0.2, 0.25) is 5.91 Å². The molecule has 0 aromatic heterocycles. The Labute approximate surface area is 273 Å². The van der Waals surface area contributed by atoms with Gasteiger partial charge in [0.1, 0.15) is 19.4 Å². The van der Waals surface area contributed by atoms with E-state index in [1.54, 1.807) is 27.7 Å². The van der Waals surface area contributed by atoms with Crippen molar-refractivity contribution in [3.63, 3.8) is 0 Å². The smallest absolute Gasteiger partial charge is 0.311 e. The number of rotatable bonds is 21. The fourth-order valence-electron chi connectivity index (χ4n) is 6.11.